The number of nitrogens with one attached hydrogen (secondary N) is 1. The highest BCUT2D eigenvalue weighted by atomic mass is 35.5. The molecule has 9 heteroatoms. The van der Waals surface area contributed by atoms with Gasteiger partial charge in [0, 0.05) is 11.6 Å². The third kappa shape index (κ3) is 3.90. The lowest BCUT2D eigenvalue weighted by Gasteiger charge is -2.15. The summed E-state index contributed by atoms with van der Waals surface area (Å²) >= 11 is 5.85. The van der Waals surface area contributed by atoms with E-state index in [1.807, 2.05) is 0 Å². The molecule has 0 atom stereocenters. The molecular formula is C18H16ClFN4O3. The smallest absolute Gasteiger partial charge is 0.263 e. The highest BCUT2D eigenvalue weighted by molar-refractivity contribution is 6.31. The molecule has 2 heterocycles. The fraction of sp³-hybridized carbons (Fsp3) is 0.222. The zero-order chi connectivity index (χ0) is 19.7. The van der Waals surface area contributed by atoms with Crippen molar-refractivity contribution < 1.29 is 14.3 Å². The zero-order valence-corrected chi connectivity index (χ0v) is 15.3. The summed E-state index contributed by atoms with van der Waals surface area (Å²) in [5, 5.41) is 12.2. The molecule has 1 amide bonds. The first-order valence-electron chi connectivity index (χ1n) is 8.10. The van der Waals surface area contributed by atoms with Crippen LogP contribution < -0.4 is 10.9 Å². The van der Waals surface area contributed by atoms with Crippen molar-refractivity contribution in [3.63, 3.8) is 0 Å². The molecule has 3 aromatic rings. The van der Waals surface area contributed by atoms with Crippen LogP contribution in [-0.4, -0.2) is 31.6 Å². The molecule has 1 aromatic carbocycles. The third-order valence-electron chi connectivity index (χ3n) is 3.72. The number of fused-ring (bicyclic) bond motifs is 1. The molecule has 0 unspecified atom stereocenters. The molecule has 7 nitrogen and oxygen atoms in total. The Morgan fingerprint density at radius 1 is 1.37 bits per heavy atom. The zero-order valence-electron chi connectivity index (χ0n) is 14.5. The van der Waals surface area contributed by atoms with Crippen molar-refractivity contribution in [1.29, 1.82) is 0 Å². The van der Waals surface area contributed by atoms with Crippen molar-refractivity contribution >= 4 is 28.5 Å². The first kappa shape index (κ1) is 18.8. The van der Waals surface area contributed by atoms with Crippen LogP contribution in [0.4, 0.5) is 4.39 Å². The summed E-state index contributed by atoms with van der Waals surface area (Å²) in [7, 11) is 0. The molecule has 2 aromatic heterocycles. The van der Waals surface area contributed by atoms with E-state index in [1.54, 1.807) is 13.8 Å². The van der Waals surface area contributed by atoms with Gasteiger partial charge >= 0.3 is 0 Å². The minimum atomic E-state index is -0.615. The number of benzene rings is 1. The Morgan fingerprint density at radius 3 is 2.78 bits per heavy atom. The Balaban J connectivity index is 2.24. The van der Waals surface area contributed by atoms with Crippen molar-refractivity contribution in [3.05, 3.63) is 51.7 Å². The number of hydrogen-bond donors (Lipinski definition) is 2. The summed E-state index contributed by atoms with van der Waals surface area (Å²) in [6.45, 7) is 3.28. The molecule has 2 N–H and O–H groups in total. The number of pyridine rings is 1. The van der Waals surface area contributed by atoms with Crippen molar-refractivity contribution in [2.45, 2.75) is 26.4 Å². The molecule has 3 rings (SSSR count). The van der Waals surface area contributed by atoms with Crippen LogP contribution in [0.3, 0.4) is 0 Å². The molecule has 27 heavy (non-hydrogen) atoms. The van der Waals surface area contributed by atoms with Crippen LogP contribution in [0.2, 0.25) is 5.02 Å². The maximum absolute atomic E-state index is 13.5. The molecule has 0 fully saturated rings. The number of carbonyl (C=O) groups is 1. The number of hydrogen-bond acceptors (Lipinski definition) is 5. The van der Waals surface area contributed by atoms with Crippen molar-refractivity contribution in [3.8, 4) is 17.1 Å². The minimum Gasteiger partial charge on any atom is -0.506 e. The SMILES string of the molecule is CC(C)NC(=O)Cn1c(-c2ccc(F)c(Cl)c2)nc2ncc(O)cc2c1=O. The molecule has 0 aliphatic carbocycles. The van der Waals surface area contributed by atoms with Crippen LogP contribution in [0.5, 0.6) is 5.75 Å². The van der Waals surface area contributed by atoms with Crippen molar-refractivity contribution in [2.75, 3.05) is 0 Å². The maximum Gasteiger partial charge on any atom is 0.263 e. The monoisotopic (exact) mass is 390 g/mol. The van der Waals surface area contributed by atoms with E-state index in [0.717, 1.165) is 16.8 Å². The lowest BCUT2D eigenvalue weighted by atomic mass is 10.2. The summed E-state index contributed by atoms with van der Waals surface area (Å²) < 4.78 is 14.7. The second-order valence-electron chi connectivity index (χ2n) is 6.24. The predicted octanol–water partition coefficient (Wildman–Crippen LogP) is 2.48. The van der Waals surface area contributed by atoms with E-state index in [9.17, 15) is 19.1 Å². The minimum absolute atomic E-state index is 0.0595. The van der Waals surface area contributed by atoms with Crippen LogP contribution in [0.15, 0.2) is 35.3 Å². The molecule has 140 valence electrons. The van der Waals surface area contributed by atoms with E-state index in [1.165, 1.54) is 18.2 Å². The normalized spacial score (nSPS) is 11.1. The van der Waals surface area contributed by atoms with Gasteiger partial charge in [0.05, 0.1) is 16.6 Å². The van der Waals surface area contributed by atoms with E-state index >= 15 is 0 Å². The molecular weight excluding hydrogens is 375 g/mol. The Hall–Kier alpha value is -3.00. The standard InChI is InChI=1S/C18H16ClFN4O3/c1-9(2)22-15(26)8-24-17(10-3-4-14(20)13(19)5-10)23-16-12(18(24)27)6-11(25)7-21-16/h3-7,9,25H,8H2,1-2H3,(H,22,26). The Labute approximate surface area is 158 Å². The average Bonchev–Trinajstić information content (AvgIpc) is 2.59. The summed E-state index contributed by atoms with van der Waals surface area (Å²) in [5.74, 6) is -1.09. The summed E-state index contributed by atoms with van der Waals surface area (Å²) in [4.78, 5) is 33.5. The van der Waals surface area contributed by atoms with Crippen LogP contribution in [0, 0.1) is 5.82 Å². The van der Waals surface area contributed by atoms with Gasteiger partial charge in [-0.25, -0.2) is 14.4 Å². The molecule has 0 aliphatic heterocycles. The molecule has 0 radical (unpaired) electrons. The fourth-order valence-electron chi connectivity index (χ4n) is 2.61. The first-order chi connectivity index (χ1) is 12.8. The number of carbonyl (C=O) groups excluding carboxylic acids is 1. The Bertz CT molecular complexity index is 1100. The second-order valence-corrected chi connectivity index (χ2v) is 6.65. The molecule has 0 saturated heterocycles. The van der Waals surface area contributed by atoms with E-state index in [4.69, 9.17) is 11.6 Å². The van der Waals surface area contributed by atoms with E-state index < -0.39 is 17.3 Å². The van der Waals surface area contributed by atoms with Gasteiger partial charge in [0.2, 0.25) is 5.91 Å². The lowest BCUT2D eigenvalue weighted by molar-refractivity contribution is -0.122. The number of nitrogens with zero attached hydrogens (tertiary/aromatic N) is 3. The molecule has 0 spiro atoms. The number of halogens is 2. The predicted molar refractivity (Wildman–Crippen MR) is 99.1 cm³/mol. The number of amides is 1. The fourth-order valence-corrected chi connectivity index (χ4v) is 2.79. The summed E-state index contributed by atoms with van der Waals surface area (Å²) in [6.07, 6.45) is 1.16. The quantitative estimate of drug-likeness (QED) is 0.713. The number of aromatic nitrogens is 3. The van der Waals surface area contributed by atoms with Gasteiger partial charge < -0.3 is 10.4 Å². The van der Waals surface area contributed by atoms with Gasteiger partial charge in [-0.15, -0.1) is 0 Å². The first-order valence-corrected chi connectivity index (χ1v) is 8.48. The van der Waals surface area contributed by atoms with Crippen molar-refractivity contribution in [1.82, 2.24) is 19.9 Å². The van der Waals surface area contributed by atoms with Gasteiger partial charge in [0.25, 0.3) is 5.56 Å². The lowest BCUT2D eigenvalue weighted by Crippen LogP contribution is -2.37. The van der Waals surface area contributed by atoms with Gasteiger partial charge in [0.1, 0.15) is 23.9 Å². The van der Waals surface area contributed by atoms with Gasteiger partial charge in [-0.1, -0.05) is 11.6 Å². The van der Waals surface area contributed by atoms with Crippen LogP contribution in [0.25, 0.3) is 22.4 Å². The molecule has 0 bridgehead atoms. The van der Waals surface area contributed by atoms with Crippen LogP contribution in [0.1, 0.15) is 13.8 Å². The summed E-state index contributed by atoms with van der Waals surface area (Å²) in [6, 6.07) is 5.00. The molecule has 0 saturated carbocycles. The van der Waals surface area contributed by atoms with Crippen LogP contribution >= 0.6 is 11.6 Å². The second kappa shape index (κ2) is 7.32. The topological polar surface area (TPSA) is 97.1 Å². The third-order valence-corrected chi connectivity index (χ3v) is 4.01. The van der Waals surface area contributed by atoms with E-state index in [2.05, 4.69) is 15.3 Å². The maximum atomic E-state index is 13.5. The largest absolute Gasteiger partial charge is 0.506 e. The van der Waals surface area contributed by atoms with Gasteiger partial charge in [-0.2, -0.15) is 0 Å². The molecule has 0 aliphatic rings. The highest BCUT2D eigenvalue weighted by Crippen LogP contribution is 2.24. The van der Waals surface area contributed by atoms with Gasteiger partial charge in [0.15, 0.2) is 5.65 Å². The van der Waals surface area contributed by atoms with Gasteiger partial charge in [-0.05, 0) is 38.1 Å². The van der Waals surface area contributed by atoms with Crippen molar-refractivity contribution in [2.24, 2.45) is 0 Å². The number of aromatic hydroxyl groups is 1. The average molecular weight is 391 g/mol. The van der Waals surface area contributed by atoms with Gasteiger partial charge in [-0.3, -0.25) is 14.2 Å². The van der Waals surface area contributed by atoms with Crippen LogP contribution in [-0.2, 0) is 11.3 Å². The highest BCUT2D eigenvalue weighted by Gasteiger charge is 2.18. The Morgan fingerprint density at radius 2 is 2.11 bits per heavy atom. The number of rotatable bonds is 4. The van der Waals surface area contributed by atoms with E-state index in [-0.39, 0.29) is 40.2 Å². The Kier molecular flexibility index (Phi) is 5.09. The summed E-state index contributed by atoms with van der Waals surface area (Å²) in [5.41, 5.74) is -0.112. The van der Waals surface area contributed by atoms with E-state index in [0.29, 0.717) is 5.56 Å².